The summed E-state index contributed by atoms with van der Waals surface area (Å²) in [4.78, 5) is 28.3. The molecule has 3 rings (SSSR count). The van der Waals surface area contributed by atoms with Crippen molar-refractivity contribution in [3.63, 3.8) is 0 Å². The third-order valence-electron chi connectivity index (χ3n) is 4.01. The first-order valence-corrected chi connectivity index (χ1v) is 9.78. The van der Waals surface area contributed by atoms with Crippen LogP contribution in [0.4, 0.5) is 14.5 Å². The van der Waals surface area contributed by atoms with Crippen LogP contribution in [0.3, 0.4) is 0 Å². The molecule has 27 heavy (non-hydrogen) atoms. The zero-order valence-corrected chi connectivity index (χ0v) is 14.7. The fourth-order valence-electron chi connectivity index (χ4n) is 2.64. The van der Waals surface area contributed by atoms with Crippen molar-refractivity contribution < 1.29 is 26.8 Å². The molecule has 2 aromatic rings. The van der Waals surface area contributed by atoms with Gasteiger partial charge in [-0.3, -0.25) is 14.6 Å². The lowest BCUT2D eigenvalue weighted by Gasteiger charge is -2.11. The SMILES string of the molecule is O=C(Nc1ccc(F)c(F)c1)c1cncc(C(=O)NC2CCS(=O)(=O)C2)c1. The predicted octanol–water partition coefficient (Wildman–Crippen LogP) is 1.53. The third kappa shape index (κ3) is 4.64. The minimum absolute atomic E-state index is 0.0207. The van der Waals surface area contributed by atoms with Gasteiger partial charge in [-0.25, -0.2) is 17.2 Å². The second kappa shape index (κ2) is 7.39. The number of hydrogen-bond acceptors (Lipinski definition) is 5. The molecule has 1 aromatic heterocycles. The van der Waals surface area contributed by atoms with Gasteiger partial charge >= 0.3 is 0 Å². The minimum Gasteiger partial charge on any atom is -0.348 e. The number of aromatic nitrogens is 1. The Bertz CT molecular complexity index is 1010. The molecule has 1 unspecified atom stereocenters. The van der Waals surface area contributed by atoms with Gasteiger partial charge in [0, 0.05) is 30.2 Å². The van der Waals surface area contributed by atoms with E-state index >= 15 is 0 Å². The molecule has 0 radical (unpaired) electrons. The lowest BCUT2D eigenvalue weighted by molar-refractivity contribution is 0.0940. The molecule has 1 aliphatic rings. The Morgan fingerprint density at radius 2 is 1.74 bits per heavy atom. The number of sulfone groups is 1. The summed E-state index contributed by atoms with van der Waals surface area (Å²) in [5.41, 5.74) is 0.161. The molecular weight excluding hydrogens is 380 g/mol. The summed E-state index contributed by atoms with van der Waals surface area (Å²) in [7, 11) is -3.14. The van der Waals surface area contributed by atoms with Crippen LogP contribution in [0.25, 0.3) is 0 Å². The summed E-state index contributed by atoms with van der Waals surface area (Å²) in [5, 5.41) is 4.98. The molecule has 0 saturated carbocycles. The second-order valence-electron chi connectivity index (χ2n) is 6.12. The van der Waals surface area contributed by atoms with Crippen LogP contribution in [-0.2, 0) is 9.84 Å². The Balaban J connectivity index is 1.69. The Morgan fingerprint density at radius 3 is 2.37 bits per heavy atom. The van der Waals surface area contributed by atoms with Gasteiger partial charge in [-0.05, 0) is 24.6 Å². The van der Waals surface area contributed by atoms with E-state index in [1.807, 2.05) is 0 Å². The molecule has 7 nitrogen and oxygen atoms in total. The van der Waals surface area contributed by atoms with Crippen molar-refractivity contribution in [2.24, 2.45) is 0 Å². The number of carbonyl (C=O) groups excluding carboxylic acids is 2. The van der Waals surface area contributed by atoms with Gasteiger partial charge in [0.15, 0.2) is 21.5 Å². The lowest BCUT2D eigenvalue weighted by atomic mass is 10.1. The summed E-state index contributed by atoms with van der Waals surface area (Å²) >= 11 is 0. The number of nitrogens with zero attached hydrogens (tertiary/aromatic N) is 1. The van der Waals surface area contributed by atoms with E-state index in [4.69, 9.17) is 0 Å². The van der Waals surface area contributed by atoms with E-state index in [0.717, 1.165) is 12.1 Å². The number of halogens is 2. The summed E-state index contributed by atoms with van der Waals surface area (Å²) in [6.45, 7) is 0. The van der Waals surface area contributed by atoms with Crippen LogP contribution in [0.1, 0.15) is 27.1 Å². The number of pyridine rings is 1. The molecule has 2 N–H and O–H groups in total. The first kappa shape index (κ1) is 18.9. The highest BCUT2D eigenvalue weighted by molar-refractivity contribution is 7.91. The van der Waals surface area contributed by atoms with Crippen molar-refractivity contribution >= 4 is 27.3 Å². The molecular formula is C17H15F2N3O4S. The molecule has 1 fully saturated rings. The fourth-order valence-corrected chi connectivity index (χ4v) is 4.32. The monoisotopic (exact) mass is 395 g/mol. The van der Waals surface area contributed by atoms with Gasteiger partial charge in [-0.15, -0.1) is 0 Å². The molecule has 0 aliphatic carbocycles. The maximum absolute atomic E-state index is 13.2. The molecule has 1 aromatic carbocycles. The van der Waals surface area contributed by atoms with Crippen molar-refractivity contribution in [3.05, 3.63) is 59.4 Å². The van der Waals surface area contributed by atoms with E-state index in [1.54, 1.807) is 0 Å². The lowest BCUT2D eigenvalue weighted by Crippen LogP contribution is -2.35. The number of amides is 2. The van der Waals surface area contributed by atoms with Gasteiger partial charge in [0.25, 0.3) is 11.8 Å². The van der Waals surface area contributed by atoms with Crippen molar-refractivity contribution in [2.45, 2.75) is 12.5 Å². The highest BCUT2D eigenvalue weighted by Crippen LogP contribution is 2.15. The standard InChI is InChI=1S/C17H15F2N3O4S/c18-14-2-1-12(6-15(14)19)21-16(23)10-5-11(8-20-7-10)17(24)22-13-3-4-27(25,26)9-13/h1-2,5-8,13H,3-4,9H2,(H,21,23)(H,22,24). The maximum atomic E-state index is 13.2. The molecule has 2 amide bonds. The van der Waals surface area contributed by atoms with E-state index in [2.05, 4.69) is 15.6 Å². The Kier molecular flexibility index (Phi) is 5.17. The van der Waals surface area contributed by atoms with Crippen LogP contribution in [0.15, 0.2) is 36.7 Å². The molecule has 10 heteroatoms. The average Bonchev–Trinajstić information content (AvgIpc) is 2.96. The summed E-state index contributed by atoms with van der Waals surface area (Å²) < 4.78 is 49.1. The smallest absolute Gasteiger partial charge is 0.257 e. The number of anilines is 1. The predicted molar refractivity (Wildman–Crippen MR) is 93.1 cm³/mol. The van der Waals surface area contributed by atoms with Gasteiger partial charge < -0.3 is 10.6 Å². The molecule has 1 aliphatic heterocycles. The maximum Gasteiger partial charge on any atom is 0.257 e. The van der Waals surface area contributed by atoms with Gasteiger partial charge in [0.05, 0.1) is 22.6 Å². The van der Waals surface area contributed by atoms with Crippen LogP contribution < -0.4 is 10.6 Å². The highest BCUT2D eigenvalue weighted by atomic mass is 32.2. The van der Waals surface area contributed by atoms with Crippen molar-refractivity contribution in [1.82, 2.24) is 10.3 Å². The van der Waals surface area contributed by atoms with Crippen molar-refractivity contribution in [3.8, 4) is 0 Å². The largest absolute Gasteiger partial charge is 0.348 e. The molecule has 1 saturated heterocycles. The van der Waals surface area contributed by atoms with E-state index in [0.29, 0.717) is 6.42 Å². The van der Waals surface area contributed by atoms with Crippen LogP contribution in [0.2, 0.25) is 0 Å². The fraction of sp³-hybridized carbons (Fsp3) is 0.235. The Morgan fingerprint density at radius 1 is 1.04 bits per heavy atom. The summed E-state index contributed by atoms with van der Waals surface area (Å²) in [5.74, 6) is -3.46. The van der Waals surface area contributed by atoms with Crippen LogP contribution in [-0.4, -0.2) is 42.8 Å². The number of rotatable bonds is 4. The number of hydrogen-bond donors (Lipinski definition) is 2. The van der Waals surface area contributed by atoms with Gasteiger partial charge in [0.2, 0.25) is 0 Å². The number of nitrogens with one attached hydrogen (secondary N) is 2. The summed E-state index contributed by atoms with van der Waals surface area (Å²) in [6, 6.07) is 3.70. The van der Waals surface area contributed by atoms with E-state index in [9.17, 15) is 26.8 Å². The van der Waals surface area contributed by atoms with Crippen LogP contribution in [0, 0.1) is 11.6 Å². The highest BCUT2D eigenvalue weighted by Gasteiger charge is 2.29. The summed E-state index contributed by atoms with van der Waals surface area (Å²) in [6.07, 6.45) is 2.79. The van der Waals surface area contributed by atoms with Crippen molar-refractivity contribution in [1.29, 1.82) is 0 Å². The normalized spacial score (nSPS) is 18.1. The minimum atomic E-state index is -3.14. The van der Waals surface area contributed by atoms with Gasteiger partial charge in [0.1, 0.15) is 0 Å². The molecule has 0 spiro atoms. The molecule has 0 bridgehead atoms. The third-order valence-corrected chi connectivity index (χ3v) is 5.78. The van der Waals surface area contributed by atoms with Crippen molar-refractivity contribution in [2.75, 3.05) is 16.8 Å². The quantitative estimate of drug-likeness (QED) is 0.817. The zero-order chi connectivity index (χ0) is 19.6. The Labute approximate surface area is 153 Å². The van der Waals surface area contributed by atoms with Crippen LogP contribution in [0.5, 0.6) is 0 Å². The number of benzene rings is 1. The van der Waals surface area contributed by atoms with Crippen LogP contribution >= 0.6 is 0 Å². The molecule has 1 atom stereocenters. The van der Waals surface area contributed by atoms with E-state index < -0.39 is 39.3 Å². The van der Waals surface area contributed by atoms with E-state index in [-0.39, 0.29) is 28.3 Å². The average molecular weight is 395 g/mol. The van der Waals surface area contributed by atoms with Gasteiger partial charge in [-0.2, -0.15) is 0 Å². The second-order valence-corrected chi connectivity index (χ2v) is 8.35. The number of carbonyl (C=O) groups is 2. The molecule has 2 heterocycles. The topological polar surface area (TPSA) is 105 Å². The van der Waals surface area contributed by atoms with Gasteiger partial charge in [-0.1, -0.05) is 0 Å². The first-order valence-electron chi connectivity index (χ1n) is 7.96. The zero-order valence-electron chi connectivity index (χ0n) is 13.9. The molecule has 142 valence electrons. The first-order chi connectivity index (χ1) is 12.7. The Hall–Kier alpha value is -2.88. The van der Waals surface area contributed by atoms with E-state index in [1.165, 1.54) is 24.5 Å².